The molecular weight excluding hydrogens is 763 g/mol. The molecule has 60 heavy (non-hydrogen) atoms. The van der Waals surface area contributed by atoms with Crippen LogP contribution in [-0.2, 0) is 28.7 Å². The number of carbonyl (C=O) groups is 3. The van der Waals surface area contributed by atoms with Crippen LogP contribution in [0.3, 0.4) is 0 Å². The molecule has 3 fully saturated rings. The van der Waals surface area contributed by atoms with Gasteiger partial charge in [-0.15, -0.1) is 0 Å². The van der Waals surface area contributed by atoms with Crippen LogP contribution in [0.1, 0.15) is 91.6 Å². The first-order chi connectivity index (χ1) is 28.9. The highest BCUT2D eigenvalue weighted by Gasteiger charge is 2.33. The van der Waals surface area contributed by atoms with Crippen molar-refractivity contribution in [3.63, 3.8) is 0 Å². The van der Waals surface area contributed by atoms with Gasteiger partial charge in [0.25, 0.3) is 5.91 Å². The number of aromatic nitrogens is 6. The van der Waals surface area contributed by atoms with Gasteiger partial charge in [-0.05, 0) is 94.3 Å². The lowest BCUT2D eigenvalue weighted by Crippen LogP contribution is -2.51. The second-order valence-electron chi connectivity index (χ2n) is 17.0. The number of nitriles is 1. The molecule has 0 bridgehead atoms. The number of fused-ring (bicyclic) bond motifs is 3. The van der Waals surface area contributed by atoms with E-state index in [-0.39, 0.29) is 30.0 Å². The number of aliphatic hydroxyl groups is 1. The molecule has 3 amide bonds. The molecule has 4 aromatic heterocycles. The predicted molar refractivity (Wildman–Crippen MR) is 224 cm³/mol. The smallest absolute Gasteiger partial charge is 0.329 e. The van der Waals surface area contributed by atoms with Crippen molar-refractivity contribution < 1.29 is 19.5 Å². The predicted octanol–water partition coefficient (Wildman–Crippen LogP) is 4.01. The summed E-state index contributed by atoms with van der Waals surface area (Å²) in [6, 6.07) is 16.9. The lowest BCUT2D eigenvalue weighted by atomic mass is 9.90. The number of aryl methyl sites for hydroxylation is 1. The molecule has 1 atom stereocenters. The van der Waals surface area contributed by atoms with Crippen LogP contribution in [0.25, 0.3) is 27.5 Å². The van der Waals surface area contributed by atoms with Crippen LogP contribution in [0.2, 0.25) is 0 Å². The number of piperazine rings is 1. The van der Waals surface area contributed by atoms with Crippen molar-refractivity contribution in [3.05, 3.63) is 93.8 Å². The van der Waals surface area contributed by atoms with Crippen molar-refractivity contribution in [1.82, 2.24) is 43.6 Å². The zero-order valence-corrected chi connectivity index (χ0v) is 34.1. The lowest BCUT2D eigenvalue weighted by molar-refractivity contribution is -0.135. The van der Waals surface area contributed by atoms with Crippen molar-refractivity contribution in [2.75, 3.05) is 38.0 Å². The van der Waals surface area contributed by atoms with E-state index in [2.05, 4.69) is 42.3 Å². The first-order valence-electron chi connectivity index (χ1n) is 20.8. The number of imide groups is 1. The van der Waals surface area contributed by atoms with Crippen molar-refractivity contribution in [2.24, 2.45) is 7.05 Å². The molecule has 2 saturated heterocycles. The molecule has 2 aliphatic heterocycles. The minimum Gasteiger partial charge on any atom is -0.386 e. The van der Waals surface area contributed by atoms with Gasteiger partial charge < -0.3 is 15.3 Å². The number of rotatable bonds is 9. The van der Waals surface area contributed by atoms with Crippen LogP contribution in [0, 0.1) is 11.3 Å². The molecule has 6 heterocycles. The first-order valence-corrected chi connectivity index (χ1v) is 20.8. The van der Waals surface area contributed by atoms with Crippen molar-refractivity contribution in [1.29, 1.82) is 5.26 Å². The fourth-order valence-corrected chi connectivity index (χ4v) is 9.58. The number of imidazole rings is 1. The molecule has 3 N–H and O–H groups in total. The zero-order valence-electron chi connectivity index (χ0n) is 34.1. The van der Waals surface area contributed by atoms with Crippen LogP contribution < -0.4 is 16.3 Å². The number of amides is 3. The van der Waals surface area contributed by atoms with E-state index < -0.39 is 17.6 Å². The van der Waals surface area contributed by atoms with Gasteiger partial charge in [0.15, 0.2) is 0 Å². The summed E-state index contributed by atoms with van der Waals surface area (Å²) >= 11 is 0. The van der Waals surface area contributed by atoms with E-state index in [0.717, 1.165) is 92.3 Å². The fraction of sp³-hybridized carbons (Fsp3) is 0.432. The number of benzene rings is 2. The van der Waals surface area contributed by atoms with Gasteiger partial charge in [0.2, 0.25) is 11.8 Å². The highest BCUT2D eigenvalue weighted by atomic mass is 16.3. The van der Waals surface area contributed by atoms with Gasteiger partial charge in [-0.25, -0.2) is 9.31 Å². The van der Waals surface area contributed by atoms with E-state index in [0.29, 0.717) is 40.5 Å². The molecule has 1 aliphatic carbocycles. The lowest BCUT2D eigenvalue weighted by Gasteiger charge is -2.42. The van der Waals surface area contributed by atoms with Gasteiger partial charge in [0.1, 0.15) is 17.8 Å². The summed E-state index contributed by atoms with van der Waals surface area (Å²) in [5, 5.41) is 35.9. The van der Waals surface area contributed by atoms with E-state index in [4.69, 9.17) is 5.10 Å². The third-order valence-corrected chi connectivity index (χ3v) is 12.8. The summed E-state index contributed by atoms with van der Waals surface area (Å²) in [6.07, 6.45) is 8.94. The third-order valence-electron chi connectivity index (χ3n) is 12.8. The Hall–Kier alpha value is -6.15. The standard InChI is InChI=1S/C44H49N11O5/c1-44(2,60)33-23-34-29(22-35(33)47-42(58)38-12-11-32-21-27(24-45)25-46-55(32)38)26-53(49-34)31-9-7-30(8-10-31)52-19-17-51(18-20-52)16-15-28-5-4-6-36-40(28)50(3)43(59)54(36)37-13-14-39(56)48-41(37)57/h4-6,11-12,21-23,25-26,30-31,37,60H,7-10,13-20H2,1-3H3,(H,47,58)(H,48,56,57). The summed E-state index contributed by atoms with van der Waals surface area (Å²) in [6.45, 7) is 8.19. The van der Waals surface area contributed by atoms with Crippen LogP contribution in [0.15, 0.2) is 65.7 Å². The van der Waals surface area contributed by atoms with Crippen LogP contribution >= 0.6 is 0 Å². The molecule has 16 nitrogen and oxygen atoms in total. The normalized spacial score (nSPS) is 20.8. The van der Waals surface area contributed by atoms with E-state index in [1.807, 2.05) is 30.5 Å². The van der Waals surface area contributed by atoms with Gasteiger partial charge in [-0.1, -0.05) is 12.1 Å². The number of nitrogens with zero attached hydrogens (tertiary/aromatic N) is 9. The molecule has 9 rings (SSSR count). The molecule has 0 spiro atoms. The number of hydrogen-bond donors (Lipinski definition) is 3. The third kappa shape index (κ3) is 7.26. The Morgan fingerprint density at radius 1 is 1.00 bits per heavy atom. The number of carbonyl (C=O) groups excluding carboxylic acids is 3. The molecule has 2 aromatic carbocycles. The summed E-state index contributed by atoms with van der Waals surface area (Å²) < 4.78 is 6.74. The number of anilines is 1. The van der Waals surface area contributed by atoms with Crippen LogP contribution in [-0.4, -0.2) is 99.9 Å². The number of piperidine rings is 1. The number of nitrogens with one attached hydrogen (secondary N) is 2. The maximum absolute atomic E-state index is 13.5. The van der Waals surface area contributed by atoms with E-state index in [9.17, 15) is 29.5 Å². The van der Waals surface area contributed by atoms with Gasteiger partial charge in [0, 0.05) is 75.1 Å². The minimum atomic E-state index is -1.25. The minimum absolute atomic E-state index is 0.213. The summed E-state index contributed by atoms with van der Waals surface area (Å²) in [5.41, 5.74) is 4.32. The Kier molecular flexibility index (Phi) is 10.1. The topological polar surface area (TPSA) is 188 Å². The maximum atomic E-state index is 13.5. The van der Waals surface area contributed by atoms with Gasteiger partial charge in [-0.2, -0.15) is 15.5 Å². The highest BCUT2D eigenvalue weighted by molar-refractivity contribution is 6.05. The van der Waals surface area contributed by atoms with Crippen molar-refractivity contribution >= 4 is 50.9 Å². The molecule has 16 heteroatoms. The fourth-order valence-electron chi connectivity index (χ4n) is 9.58. The monoisotopic (exact) mass is 811 g/mol. The van der Waals surface area contributed by atoms with Gasteiger partial charge >= 0.3 is 5.69 Å². The number of para-hydroxylation sites is 1. The summed E-state index contributed by atoms with van der Waals surface area (Å²) in [4.78, 5) is 56.5. The van der Waals surface area contributed by atoms with E-state index in [1.165, 1.54) is 10.7 Å². The molecule has 3 aliphatic rings. The highest BCUT2D eigenvalue weighted by Crippen LogP contribution is 2.36. The molecule has 1 unspecified atom stereocenters. The maximum Gasteiger partial charge on any atom is 0.329 e. The molecule has 310 valence electrons. The van der Waals surface area contributed by atoms with Crippen LogP contribution in [0.4, 0.5) is 5.69 Å². The largest absolute Gasteiger partial charge is 0.386 e. The quantitative estimate of drug-likeness (QED) is 0.180. The summed E-state index contributed by atoms with van der Waals surface area (Å²) in [7, 11) is 1.75. The Bertz CT molecular complexity index is 2770. The number of hydrogen-bond acceptors (Lipinski definition) is 10. The Morgan fingerprint density at radius 2 is 1.77 bits per heavy atom. The molecule has 0 radical (unpaired) electrons. The average molecular weight is 812 g/mol. The second-order valence-corrected chi connectivity index (χ2v) is 17.0. The van der Waals surface area contributed by atoms with Crippen molar-refractivity contribution in [2.45, 2.75) is 82.5 Å². The Labute approximate surface area is 345 Å². The van der Waals surface area contributed by atoms with Gasteiger partial charge in [-0.3, -0.25) is 38.4 Å². The molecule has 6 aromatic rings. The SMILES string of the molecule is Cn1c(=O)n(C2CCC(=O)NC2=O)c2cccc(CCN3CCN(C4CCC(n5cc6cc(NC(=O)c7ccc8cc(C#N)cnn78)c(C(C)(C)O)cc6n5)CC4)CC3)c21. The summed E-state index contributed by atoms with van der Waals surface area (Å²) in [5.74, 6) is -1.11. The second kappa shape index (κ2) is 15.5. The van der Waals surface area contributed by atoms with E-state index >= 15 is 0 Å². The van der Waals surface area contributed by atoms with Crippen LogP contribution in [0.5, 0.6) is 0 Å². The average Bonchev–Trinajstić information content (AvgIpc) is 3.93. The Balaban J connectivity index is 0.814. The van der Waals surface area contributed by atoms with E-state index in [1.54, 1.807) is 48.2 Å². The van der Waals surface area contributed by atoms with Gasteiger partial charge in [0.05, 0.1) is 45.5 Å². The Morgan fingerprint density at radius 3 is 2.50 bits per heavy atom. The zero-order chi connectivity index (χ0) is 41.9. The molecular formula is C44H49N11O5. The first kappa shape index (κ1) is 39.3. The molecule has 1 saturated carbocycles. The van der Waals surface area contributed by atoms with Crippen molar-refractivity contribution in [3.8, 4) is 6.07 Å².